The number of carbonyl (C=O) groups is 2. The summed E-state index contributed by atoms with van der Waals surface area (Å²) in [6.45, 7) is 1.85. The summed E-state index contributed by atoms with van der Waals surface area (Å²) in [6.07, 6.45) is 0.278. The summed E-state index contributed by atoms with van der Waals surface area (Å²) in [4.78, 5) is 23.6. The molecule has 0 aliphatic heterocycles. The maximum atomic E-state index is 12.9. The number of nitrogens with one attached hydrogen (secondary N) is 2. The van der Waals surface area contributed by atoms with Crippen LogP contribution in [0.4, 0.5) is 5.69 Å². The van der Waals surface area contributed by atoms with E-state index in [2.05, 4.69) is 10.0 Å². The SMILES string of the molecule is C[C@H](NC(=O)c1ccccc1NS(=O)(=O)c1ccc(CCC(=O)O)cc1)c1ccccc1. The van der Waals surface area contributed by atoms with E-state index in [-0.39, 0.29) is 28.6 Å². The van der Waals surface area contributed by atoms with Crippen molar-refractivity contribution in [3.05, 3.63) is 95.6 Å². The highest BCUT2D eigenvalue weighted by Gasteiger charge is 2.20. The summed E-state index contributed by atoms with van der Waals surface area (Å²) < 4.78 is 28.2. The van der Waals surface area contributed by atoms with Crippen molar-refractivity contribution < 1.29 is 23.1 Å². The number of anilines is 1. The van der Waals surface area contributed by atoms with Crippen LogP contribution in [-0.4, -0.2) is 25.4 Å². The lowest BCUT2D eigenvalue weighted by atomic mass is 10.1. The molecule has 7 nitrogen and oxygen atoms in total. The van der Waals surface area contributed by atoms with Gasteiger partial charge < -0.3 is 10.4 Å². The molecule has 0 radical (unpaired) electrons. The molecule has 0 saturated carbocycles. The number of carboxylic acid groups (broad SMARTS) is 1. The Hall–Kier alpha value is -3.65. The molecule has 3 N–H and O–H groups in total. The molecular weight excluding hydrogens is 428 g/mol. The van der Waals surface area contributed by atoms with Crippen LogP contribution < -0.4 is 10.0 Å². The Balaban J connectivity index is 1.76. The third-order valence-electron chi connectivity index (χ3n) is 4.92. The van der Waals surface area contributed by atoms with E-state index in [9.17, 15) is 18.0 Å². The minimum Gasteiger partial charge on any atom is -0.481 e. The summed E-state index contributed by atoms with van der Waals surface area (Å²) in [5, 5.41) is 11.7. The van der Waals surface area contributed by atoms with Crippen LogP contribution in [0.25, 0.3) is 0 Å². The third kappa shape index (κ3) is 5.95. The fourth-order valence-corrected chi connectivity index (χ4v) is 4.24. The van der Waals surface area contributed by atoms with Crippen LogP contribution >= 0.6 is 0 Å². The summed E-state index contributed by atoms with van der Waals surface area (Å²) in [5.74, 6) is -1.32. The standard InChI is InChI=1S/C24H24N2O5S/c1-17(19-7-3-2-4-8-19)25-24(29)21-9-5-6-10-22(21)26-32(30,31)20-14-11-18(12-15-20)13-16-23(27)28/h2-12,14-15,17,26H,13,16H2,1H3,(H,25,29)(H,27,28)/t17-/m0/s1. The molecule has 0 saturated heterocycles. The van der Waals surface area contributed by atoms with Crippen LogP contribution in [0.3, 0.4) is 0 Å². The molecule has 3 aromatic carbocycles. The second-order valence-corrected chi connectivity index (χ2v) is 8.98. The zero-order chi connectivity index (χ0) is 23.1. The van der Waals surface area contributed by atoms with Gasteiger partial charge in [-0.2, -0.15) is 0 Å². The number of sulfonamides is 1. The van der Waals surface area contributed by atoms with Crippen LogP contribution in [0.1, 0.15) is 40.9 Å². The molecule has 0 heterocycles. The molecule has 0 unspecified atom stereocenters. The summed E-state index contributed by atoms with van der Waals surface area (Å²) in [5.41, 5.74) is 2.03. The first-order chi connectivity index (χ1) is 15.3. The van der Waals surface area contributed by atoms with E-state index in [1.807, 2.05) is 37.3 Å². The van der Waals surface area contributed by atoms with Crippen molar-refractivity contribution in [3.8, 4) is 0 Å². The highest BCUT2D eigenvalue weighted by atomic mass is 32.2. The largest absolute Gasteiger partial charge is 0.481 e. The van der Waals surface area contributed by atoms with Gasteiger partial charge in [0.05, 0.1) is 22.2 Å². The lowest BCUT2D eigenvalue weighted by Crippen LogP contribution is -2.28. The maximum Gasteiger partial charge on any atom is 0.303 e. The molecule has 1 atom stereocenters. The number of aliphatic carboxylic acids is 1. The topological polar surface area (TPSA) is 113 Å². The van der Waals surface area contributed by atoms with Crippen molar-refractivity contribution in [2.24, 2.45) is 0 Å². The highest BCUT2D eigenvalue weighted by molar-refractivity contribution is 7.92. The van der Waals surface area contributed by atoms with E-state index in [1.165, 1.54) is 18.2 Å². The van der Waals surface area contributed by atoms with Crippen LogP contribution in [0, 0.1) is 0 Å². The second-order valence-electron chi connectivity index (χ2n) is 7.29. The van der Waals surface area contributed by atoms with E-state index in [4.69, 9.17) is 5.11 Å². The first-order valence-corrected chi connectivity index (χ1v) is 11.5. The Bertz CT molecular complexity index is 1190. The highest BCUT2D eigenvalue weighted by Crippen LogP contribution is 2.22. The van der Waals surface area contributed by atoms with E-state index in [1.54, 1.807) is 30.3 Å². The number of aryl methyl sites for hydroxylation is 1. The number of hydrogen-bond donors (Lipinski definition) is 3. The van der Waals surface area contributed by atoms with Crippen molar-refractivity contribution in [2.45, 2.75) is 30.7 Å². The van der Waals surface area contributed by atoms with Gasteiger partial charge in [0.15, 0.2) is 0 Å². The van der Waals surface area contributed by atoms with Gasteiger partial charge in [-0.25, -0.2) is 8.42 Å². The fourth-order valence-electron chi connectivity index (χ4n) is 3.16. The number of rotatable bonds is 9. The van der Waals surface area contributed by atoms with Crippen molar-refractivity contribution in [2.75, 3.05) is 4.72 Å². The minimum absolute atomic E-state index is 0.0180. The molecule has 1 amide bonds. The van der Waals surface area contributed by atoms with Gasteiger partial charge >= 0.3 is 5.97 Å². The Morgan fingerprint density at radius 3 is 2.19 bits per heavy atom. The number of amides is 1. The Morgan fingerprint density at radius 1 is 0.906 bits per heavy atom. The van der Waals surface area contributed by atoms with Gasteiger partial charge in [0.25, 0.3) is 15.9 Å². The molecule has 166 valence electrons. The second kappa shape index (κ2) is 10.1. The normalized spacial score (nSPS) is 12.0. The molecular formula is C24H24N2O5S. The van der Waals surface area contributed by atoms with E-state index in [0.29, 0.717) is 6.42 Å². The molecule has 0 bridgehead atoms. The van der Waals surface area contributed by atoms with E-state index < -0.39 is 21.9 Å². The van der Waals surface area contributed by atoms with Crippen LogP contribution in [-0.2, 0) is 21.2 Å². The molecule has 0 fully saturated rings. The molecule has 0 aliphatic carbocycles. The van der Waals surface area contributed by atoms with Crippen LogP contribution in [0.2, 0.25) is 0 Å². The lowest BCUT2D eigenvalue weighted by molar-refractivity contribution is -0.136. The quantitative estimate of drug-likeness (QED) is 0.454. The predicted molar refractivity (Wildman–Crippen MR) is 122 cm³/mol. The van der Waals surface area contributed by atoms with Crippen molar-refractivity contribution in [3.63, 3.8) is 0 Å². The number of hydrogen-bond acceptors (Lipinski definition) is 4. The number of carbonyl (C=O) groups excluding carboxylic acids is 1. The molecule has 3 aromatic rings. The van der Waals surface area contributed by atoms with Gasteiger partial charge in [-0.05, 0) is 48.7 Å². The minimum atomic E-state index is -3.94. The van der Waals surface area contributed by atoms with E-state index >= 15 is 0 Å². The molecule has 32 heavy (non-hydrogen) atoms. The molecule has 0 aliphatic rings. The van der Waals surface area contributed by atoms with Crippen molar-refractivity contribution in [1.29, 1.82) is 0 Å². The lowest BCUT2D eigenvalue weighted by Gasteiger charge is -2.17. The van der Waals surface area contributed by atoms with Gasteiger partial charge in [-0.3, -0.25) is 14.3 Å². The van der Waals surface area contributed by atoms with Gasteiger partial charge in [-0.1, -0.05) is 54.6 Å². The molecule has 0 spiro atoms. The Morgan fingerprint density at radius 2 is 1.53 bits per heavy atom. The smallest absolute Gasteiger partial charge is 0.303 e. The number of benzene rings is 3. The summed E-state index contributed by atoms with van der Waals surface area (Å²) in [6, 6.07) is 21.6. The maximum absolute atomic E-state index is 12.9. The Labute approximate surface area is 187 Å². The summed E-state index contributed by atoms with van der Waals surface area (Å²) in [7, 11) is -3.94. The third-order valence-corrected chi connectivity index (χ3v) is 6.31. The monoisotopic (exact) mass is 452 g/mol. The zero-order valence-electron chi connectivity index (χ0n) is 17.5. The number of para-hydroxylation sites is 1. The van der Waals surface area contributed by atoms with E-state index in [0.717, 1.165) is 11.1 Å². The first-order valence-electron chi connectivity index (χ1n) is 10.0. The fraction of sp³-hybridized carbons (Fsp3) is 0.167. The van der Waals surface area contributed by atoms with Crippen LogP contribution in [0.5, 0.6) is 0 Å². The van der Waals surface area contributed by atoms with Gasteiger partial charge in [0, 0.05) is 6.42 Å². The van der Waals surface area contributed by atoms with Crippen molar-refractivity contribution in [1.82, 2.24) is 5.32 Å². The summed E-state index contributed by atoms with van der Waals surface area (Å²) >= 11 is 0. The predicted octanol–water partition coefficient (Wildman–Crippen LogP) is 4.00. The van der Waals surface area contributed by atoms with Gasteiger partial charge in [0.1, 0.15) is 0 Å². The number of carboxylic acids is 1. The molecule has 0 aromatic heterocycles. The van der Waals surface area contributed by atoms with Gasteiger partial charge in [-0.15, -0.1) is 0 Å². The molecule has 8 heteroatoms. The average molecular weight is 453 g/mol. The first kappa shape index (κ1) is 23.0. The average Bonchev–Trinajstić information content (AvgIpc) is 2.78. The zero-order valence-corrected chi connectivity index (χ0v) is 18.3. The molecule has 3 rings (SSSR count). The van der Waals surface area contributed by atoms with Crippen LogP contribution in [0.15, 0.2) is 83.8 Å². The van der Waals surface area contributed by atoms with Gasteiger partial charge in [0.2, 0.25) is 0 Å². The Kier molecular flexibility index (Phi) is 7.27. The van der Waals surface area contributed by atoms with Crippen molar-refractivity contribution >= 4 is 27.6 Å².